The number of aromatic nitrogens is 1. The zero-order valence-corrected chi connectivity index (χ0v) is 14.9. The Kier molecular flexibility index (Phi) is 9.43. The molecule has 2 aromatic rings. The summed E-state index contributed by atoms with van der Waals surface area (Å²) >= 11 is 0. The summed E-state index contributed by atoms with van der Waals surface area (Å²) in [5.74, 6) is 0. The third-order valence-corrected chi connectivity index (χ3v) is 3.84. The topological polar surface area (TPSA) is 19.4 Å². The first-order valence-corrected chi connectivity index (χ1v) is 8.33. The summed E-state index contributed by atoms with van der Waals surface area (Å²) in [6.07, 6.45) is 9.26. The molecule has 0 aliphatic carbocycles. The molecule has 0 amide bonds. The van der Waals surface area contributed by atoms with E-state index in [2.05, 4.69) is 60.2 Å². The normalized spacial score (nSPS) is 15.7. The van der Waals surface area contributed by atoms with Crippen molar-refractivity contribution < 1.29 is 13.2 Å². The van der Waals surface area contributed by atoms with Gasteiger partial charge in [0.2, 0.25) is 0 Å². The highest BCUT2D eigenvalue weighted by atomic mass is 19.4. The van der Waals surface area contributed by atoms with Gasteiger partial charge in [0.05, 0.1) is 11.7 Å². The van der Waals surface area contributed by atoms with Gasteiger partial charge in [0.1, 0.15) is 0 Å². The van der Waals surface area contributed by atoms with Gasteiger partial charge in [0.15, 0.2) is 0 Å². The molecule has 0 saturated heterocycles. The summed E-state index contributed by atoms with van der Waals surface area (Å²) in [5, 5.41) is 1.20. The van der Waals surface area contributed by atoms with Gasteiger partial charge in [-0.1, -0.05) is 37.6 Å². The number of para-hydroxylation sites is 1. The summed E-state index contributed by atoms with van der Waals surface area (Å²) in [6.45, 7) is 1.99. The SMILES string of the molecule is CCCCN1C=CN(C)C1C.FC(F)F.c1ccc2ncccc2c1. The fourth-order valence-electron chi connectivity index (χ4n) is 2.29. The average Bonchev–Trinajstić information content (AvgIpc) is 2.92. The molecule has 1 atom stereocenters. The summed E-state index contributed by atoms with van der Waals surface area (Å²) < 4.78 is 29.0. The second-order valence-corrected chi connectivity index (χ2v) is 5.63. The van der Waals surface area contributed by atoms with Crippen LogP contribution in [-0.2, 0) is 0 Å². The Morgan fingerprint density at radius 2 is 1.72 bits per heavy atom. The van der Waals surface area contributed by atoms with Crippen LogP contribution in [0.5, 0.6) is 0 Å². The molecular formula is C19H26F3N3. The number of rotatable bonds is 3. The number of halogens is 3. The minimum Gasteiger partial charge on any atom is -0.359 e. The Morgan fingerprint density at radius 1 is 1.08 bits per heavy atom. The van der Waals surface area contributed by atoms with Gasteiger partial charge in [-0.05, 0) is 25.5 Å². The van der Waals surface area contributed by atoms with E-state index in [1.165, 1.54) is 24.8 Å². The van der Waals surface area contributed by atoms with E-state index in [4.69, 9.17) is 0 Å². The summed E-state index contributed by atoms with van der Waals surface area (Å²) in [4.78, 5) is 8.79. The number of hydrogen-bond donors (Lipinski definition) is 0. The van der Waals surface area contributed by atoms with Crippen LogP contribution in [0.4, 0.5) is 13.2 Å². The third kappa shape index (κ3) is 7.92. The maximum absolute atomic E-state index is 9.67. The smallest absolute Gasteiger partial charge is 0.359 e. The second-order valence-electron chi connectivity index (χ2n) is 5.63. The van der Waals surface area contributed by atoms with Crippen molar-refractivity contribution in [2.75, 3.05) is 13.6 Å². The lowest BCUT2D eigenvalue weighted by molar-refractivity contribution is 0.00819. The van der Waals surface area contributed by atoms with E-state index in [1.807, 2.05) is 30.5 Å². The molecule has 0 saturated carbocycles. The van der Waals surface area contributed by atoms with Crippen molar-refractivity contribution in [3.63, 3.8) is 0 Å². The highest BCUT2D eigenvalue weighted by Crippen LogP contribution is 2.13. The molecular weight excluding hydrogens is 327 g/mol. The van der Waals surface area contributed by atoms with E-state index in [9.17, 15) is 13.2 Å². The highest BCUT2D eigenvalue weighted by Gasteiger charge is 2.16. The number of fused-ring (bicyclic) bond motifs is 1. The van der Waals surface area contributed by atoms with Gasteiger partial charge >= 0.3 is 6.68 Å². The quantitative estimate of drug-likeness (QED) is 0.750. The molecule has 0 spiro atoms. The van der Waals surface area contributed by atoms with Gasteiger partial charge in [-0.2, -0.15) is 13.2 Å². The van der Waals surface area contributed by atoms with E-state index in [1.54, 1.807) is 0 Å². The fourth-order valence-corrected chi connectivity index (χ4v) is 2.29. The molecule has 3 nitrogen and oxygen atoms in total. The largest absolute Gasteiger partial charge is 0.379 e. The van der Waals surface area contributed by atoms with Crippen LogP contribution in [0.15, 0.2) is 55.0 Å². The van der Waals surface area contributed by atoms with Gasteiger partial charge in [0, 0.05) is 37.6 Å². The maximum Gasteiger partial charge on any atom is 0.379 e. The number of alkyl halides is 3. The van der Waals surface area contributed by atoms with E-state index in [0.29, 0.717) is 6.17 Å². The Labute approximate surface area is 147 Å². The van der Waals surface area contributed by atoms with Crippen molar-refractivity contribution in [3.05, 3.63) is 55.0 Å². The summed E-state index contributed by atoms with van der Waals surface area (Å²) in [6, 6.07) is 12.1. The first-order chi connectivity index (χ1) is 12.0. The standard InChI is InChI=1S/C9H18N2.C9H7N.CHF3/c1-4-5-6-11-8-7-10(3)9(11)2;1-2-6-9-8(4-1)5-3-7-10-9;2-1(3)4/h7-9H,4-6H2,1-3H3;1-7H;1H. The highest BCUT2D eigenvalue weighted by molar-refractivity contribution is 5.77. The first-order valence-electron chi connectivity index (χ1n) is 8.33. The van der Waals surface area contributed by atoms with Crippen LogP contribution in [-0.4, -0.2) is 41.2 Å². The van der Waals surface area contributed by atoms with Crippen LogP contribution < -0.4 is 0 Å². The molecule has 0 bridgehead atoms. The van der Waals surface area contributed by atoms with Crippen LogP contribution >= 0.6 is 0 Å². The van der Waals surface area contributed by atoms with Gasteiger partial charge < -0.3 is 9.80 Å². The lowest BCUT2D eigenvalue weighted by Crippen LogP contribution is -2.33. The predicted octanol–water partition coefficient (Wildman–Crippen LogP) is 5.26. The maximum atomic E-state index is 9.67. The minimum absolute atomic E-state index is 0.557. The first kappa shape index (κ1) is 20.8. The Bertz CT molecular complexity index is 566. The molecule has 1 aliphatic rings. The predicted molar refractivity (Wildman–Crippen MR) is 96.8 cm³/mol. The van der Waals surface area contributed by atoms with E-state index in [0.717, 1.165) is 5.52 Å². The van der Waals surface area contributed by atoms with Crippen LogP contribution in [0.3, 0.4) is 0 Å². The number of hydrogen-bond acceptors (Lipinski definition) is 3. The molecule has 1 aliphatic heterocycles. The number of pyridine rings is 1. The lowest BCUT2D eigenvalue weighted by atomic mass is 10.2. The fraction of sp³-hybridized carbons (Fsp3) is 0.421. The van der Waals surface area contributed by atoms with E-state index >= 15 is 0 Å². The third-order valence-electron chi connectivity index (χ3n) is 3.84. The zero-order chi connectivity index (χ0) is 18.7. The van der Waals surface area contributed by atoms with Crippen LogP contribution in [0.1, 0.15) is 26.7 Å². The monoisotopic (exact) mass is 353 g/mol. The molecule has 1 unspecified atom stereocenters. The van der Waals surface area contributed by atoms with Crippen molar-refractivity contribution in [1.29, 1.82) is 0 Å². The summed E-state index contributed by atoms with van der Waals surface area (Å²) in [7, 11) is 2.12. The van der Waals surface area contributed by atoms with Crippen LogP contribution in [0, 0.1) is 0 Å². The van der Waals surface area contributed by atoms with Crippen molar-refractivity contribution in [3.8, 4) is 0 Å². The molecule has 138 valence electrons. The van der Waals surface area contributed by atoms with Gasteiger partial charge in [0.25, 0.3) is 0 Å². The number of nitrogens with zero attached hydrogens (tertiary/aromatic N) is 3. The Hall–Kier alpha value is -2.24. The van der Waals surface area contributed by atoms with Crippen LogP contribution in [0.2, 0.25) is 0 Å². The van der Waals surface area contributed by atoms with Gasteiger partial charge in [-0.15, -0.1) is 0 Å². The summed E-state index contributed by atoms with van der Waals surface area (Å²) in [5.41, 5.74) is 1.06. The Balaban J connectivity index is 0.000000208. The molecule has 6 heteroatoms. The molecule has 2 heterocycles. The zero-order valence-electron chi connectivity index (χ0n) is 14.9. The van der Waals surface area contributed by atoms with Crippen molar-refractivity contribution >= 4 is 10.9 Å². The lowest BCUT2D eigenvalue weighted by Gasteiger charge is -2.26. The molecule has 0 radical (unpaired) electrons. The van der Waals surface area contributed by atoms with Crippen molar-refractivity contribution in [1.82, 2.24) is 14.8 Å². The Morgan fingerprint density at radius 3 is 2.28 bits per heavy atom. The van der Waals surface area contributed by atoms with E-state index in [-0.39, 0.29) is 0 Å². The molecule has 3 rings (SSSR count). The number of unbranched alkanes of at least 4 members (excludes halogenated alkanes) is 1. The molecule has 1 aromatic heterocycles. The van der Waals surface area contributed by atoms with Crippen LogP contribution in [0.25, 0.3) is 10.9 Å². The average molecular weight is 353 g/mol. The van der Waals surface area contributed by atoms with Gasteiger partial charge in [-0.25, -0.2) is 0 Å². The van der Waals surface area contributed by atoms with Crippen molar-refractivity contribution in [2.45, 2.75) is 39.5 Å². The molecule has 1 aromatic carbocycles. The van der Waals surface area contributed by atoms with E-state index < -0.39 is 6.68 Å². The second kappa shape index (κ2) is 11.3. The molecule has 0 fully saturated rings. The van der Waals surface area contributed by atoms with Gasteiger partial charge in [-0.3, -0.25) is 4.98 Å². The molecule has 25 heavy (non-hydrogen) atoms. The minimum atomic E-state index is -3.67. The molecule has 0 N–H and O–H groups in total. The number of benzene rings is 1. The van der Waals surface area contributed by atoms with Crippen molar-refractivity contribution in [2.24, 2.45) is 0 Å².